The van der Waals surface area contributed by atoms with Crippen LogP contribution in [-0.4, -0.2) is 12.2 Å². The average Bonchev–Trinajstić information content (AvgIpc) is 1.25. The molecule has 0 aromatic rings. The minimum absolute atomic E-state index is 0. The zero-order valence-electron chi connectivity index (χ0n) is 5.31. The van der Waals surface area contributed by atoms with Gasteiger partial charge in [-0.1, -0.05) is 0 Å². The molecule has 3 N–H and O–H groups in total. The fourth-order valence-electron chi connectivity index (χ4n) is 0. The van der Waals surface area contributed by atoms with Crippen LogP contribution in [-0.2, 0) is 22.4 Å². The molecule has 0 atom stereocenters. The number of hydrogen-bond acceptors (Lipinski definition) is 3. The van der Waals surface area contributed by atoms with Crippen molar-refractivity contribution in [2.75, 3.05) is 0 Å². The molecule has 9 heavy (non-hydrogen) atoms. The molecular formula is C4H10AgNO3. The number of quaternary nitrogens is 1. The third-order valence-corrected chi connectivity index (χ3v) is 0. The van der Waals surface area contributed by atoms with Gasteiger partial charge < -0.3 is 20.7 Å². The molecule has 0 fully saturated rings. The predicted octanol–water partition coefficient (Wildman–Crippen LogP) is -2.81. The Kier molecular flexibility index (Phi) is 19.3. The molecule has 0 saturated carbocycles. The van der Waals surface area contributed by atoms with Crippen molar-refractivity contribution >= 4 is 6.16 Å². The van der Waals surface area contributed by atoms with Gasteiger partial charge in [0.25, 0.3) is 0 Å². The van der Waals surface area contributed by atoms with Gasteiger partial charge in [-0.05, 0) is 20.0 Å². The Hall–Kier alpha value is -0.0297. The molecule has 60 valence electrons. The number of carbonyl (C=O) groups is 1. The van der Waals surface area contributed by atoms with Crippen LogP contribution in [0.5, 0.6) is 0 Å². The van der Waals surface area contributed by atoms with Crippen LogP contribution < -0.4 is 15.9 Å². The largest absolute Gasteiger partial charge is 1.00 e. The Labute approximate surface area is 69.6 Å². The van der Waals surface area contributed by atoms with Gasteiger partial charge in [0.05, 0.1) is 6.04 Å². The zero-order chi connectivity index (χ0) is 7.15. The van der Waals surface area contributed by atoms with E-state index in [1.54, 1.807) is 0 Å². The van der Waals surface area contributed by atoms with Gasteiger partial charge in [-0.2, -0.15) is 0 Å². The Morgan fingerprint density at radius 2 is 1.44 bits per heavy atom. The summed E-state index contributed by atoms with van der Waals surface area (Å²) in [6, 6.07) is 0.583. The molecule has 5 heteroatoms. The molecule has 4 nitrogen and oxygen atoms in total. The third-order valence-electron chi connectivity index (χ3n) is 0. The van der Waals surface area contributed by atoms with E-state index in [0.717, 1.165) is 0 Å². The summed E-state index contributed by atoms with van der Waals surface area (Å²) in [6.45, 7) is 4.11. The maximum atomic E-state index is 8.33. The first kappa shape index (κ1) is 16.0. The van der Waals surface area contributed by atoms with Crippen molar-refractivity contribution in [1.82, 2.24) is 0 Å². The quantitative estimate of drug-likeness (QED) is 0.453. The second-order valence-electron chi connectivity index (χ2n) is 1.64. The topological polar surface area (TPSA) is 90.8 Å². The van der Waals surface area contributed by atoms with E-state index in [0.29, 0.717) is 6.04 Å². The van der Waals surface area contributed by atoms with Gasteiger partial charge in [-0.3, -0.25) is 0 Å². The van der Waals surface area contributed by atoms with Crippen molar-refractivity contribution in [2.24, 2.45) is 0 Å². The maximum Gasteiger partial charge on any atom is 1.00 e. The summed E-state index contributed by atoms with van der Waals surface area (Å²) >= 11 is 0. The van der Waals surface area contributed by atoms with E-state index in [4.69, 9.17) is 15.0 Å². The maximum absolute atomic E-state index is 8.33. The first-order valence-electron chi connectivity index (χ1n) is 2.18. The van der Waals surface area contributed by atoms with E-state index >= 15 is 0 Å². The molecule has 0 aromatic carbocycles. The molecule has 0 saturated heterocycles. The van der Waals surface area contributed by atoms with Gasteiger partial charge in [0.1, 0.15) is 0 Å². The number of carboxylic acid groups (broad SMARTS) is 2. The Bertz CT molecular complexity index is 60.1. The normalized spacial score (nSPS) is 6.67. The van der Waals surface area contributed by atoms with Crippen LogP contribution in [0.25, 0.3) is 0 Å². The summed E-state index contributed by atoms with van der Waals surface area (Å²) in [5.41, 5.74) is 3.64. The summed E-state index contributed by atoms with van der Waals surface area (Å²) in [5, 5.41) is 16.7. The molecule has 0 aromatic heterocycles. The average molecular weight is 228 g/mol. The molecule has 0 spiro atoms. The molecule has 0 aliphatic heterocycles. The van der Waals surface area contributed by atoms with Crippen molar-refractivity contribution < 1.29 is 43.1 Å². The third kappa shape index (κ3) is 321000. The summed E-state index contributed by atoms with van der Waals surface area (Å²) in [6.07, 6.45) is -2.33. The van der Waals surface area contributed by atoms with Crippen LogP contribution >= 0.6 is 0 Å². The van der Waals surface area contributed by atoms with E-state index in [9.17, 15) is 0 Å². The summed E-state index contributed by atoms with van der Waals surface area (Å²) in [7, 11) is 0. The van der Waals surface area contributed by atoms with Gasteiger partial charge >= 0.3 is 22.4 Å². The van der Waals surface area contributed by atoms with E-state index in [2.05, 4.69) is 19.6 Å². The molecule has 0 bridgehead atoms. The van der Waals surface area contributed by atoms with Crippen molar-refractivity contribution in [1.29, 1.82) is 0 Å². The van der Waals surface area contributed by atoms with Gasteiger partial charge in [0.2, 0.25) is 0 Å². The summed E-state index contributed by atoms with van der Waals surface area (Å²) in [5.74, 6) is 0. The van der Waals surface area contributed by atoms with Gasteiger partial charge in [-0.25, -0.2) is 0 Å². The van der Waals surface area contributed by atoms with Gasteiger partial charge in [-0.15, -0.1) is 0 Å². The monoisotopic (exact) mass is 227 g/mol. The summed E-state index contributed by atoms with van der Waals surface area (Å²) in [4.78, 5) is 8.33. The fraction of sp³-hybridized carbons (Fsp3) is 0.750. The first-order valence-corrected chi connectivity index (χ1v) is 2.18. The van der Waals surface area contributed by atoms with E-state index < -0.39 is 6.16 Å². The van der Waals surface area contributed by atoms with Gasteiger partial charge in [0.15, 0.2) is 0 Å². The van der Waals surface area contributed by atoms with Crippen molar-refractivity contribution in [2.45, 2.75) is 19.9 Å². The van der Waals surface area contributed by atoms with Crippen LogP contribution in [0.2, 0.25) is 0 Å². The first-order chi connectivity index (χ1) is 3.46. The Balaban J connectivity index is -0.0000000720. The van der Waals surface area contributed by atoms with Crippen LogP contribution in [0.3, 0.4) is 0 Å². The second-order valence-corrected chi connectivity index (χ2v) is 1.64. The van der Waals surface area contributed by atoms with Crippen molar-refractivity contribution in [3.8, 4) is 0 Å². The SMILES string of the molecule is CC(C)[NH3+].O=C([O-])[O-].[Ag+]. The Morgan fingerprint density at radius 1 is 1.44 bits per heavy atom. The zero-order valence-corrected chi connectivity index (χ0v) is 6.79. The molecule has 0 rings (SSSR count). The van der Waals surface area contributed by atoms with E-state index in [1.165, 1.54) is 0 Å². The van der Waals surface area contributed by atoms with E-state index in [-0.39, 0.29) is 22.4 Å². The van der Waals surface area contributed by atoms with Crippen LogP contribution in [0.4, 0.5) is 4.79 Å². The van der Waals surface area contributed by atoms with Crippen molar-refractivity contribution in [3.05, 3.63) is 0 Å². The van der Waals surface area contributed by atoms with E-state index in [1.807, 2.05) is 0 Å². The molecule has 0 aliphatic carbocycles. The number of carbonyl (C=O) groups excluding carboxylic acids is 1. The Morgan fingerprint density at radius 3 is 1.44 bits per heavy atom. The molecule has 0 heterocycles. The molecule has 0 amide bonds. The smallest absolute Gasteiger partial charge is 0.652 e. The molecular weight excluding hydrogens is 218 g/mol. The molecule has 0 radical (unpaired) electrons. The minimum atomic E-state index is -2.33. The second kappa shape index (κ2) is 10.9. The number of rotatable bonds is 0. The van der Waals surface area contributed by atoms with Crippen LogP contribution in [0, 0.1) is 0 Å². The van der Waals surface area contributed by atoms with Crippen LogP contribution in [0.1, 0.15) is 13.8 Å². The minimum Gasteiger partial charge on any atom is -0.652 e. The number of hydrogen-bond donors (Lipinski definition) is 1. The molecule has 0 unspecified atom stereocenters. The fourth-order valence-corrected chi connectivity index (χ4v) is 0. The predicted molar refractivity (Wildman–Crippen MR) is 23.4 cm³/mol. The summed E-state index contributed by atoms with van der Waals surface area (Å²) < 4.78 is 0. The van der Waals surface area contributed by atoms with Crippen molar-refractivity contribution in [3.63, 3.8) is 0 Å². The van der Waals surface area contributed by atoms with Gasteiger partial charge in [0, 0.05) is 0 Å². The molecule has 0 aliphatic rings. The standard InChI is InChI=1S/C3H9N.CH2O3.Ag/c1-3(2)4;2-1(3)4;/h3H,4H2,1-2H3;(H2,2,3,4);/q;;+1/p-1. The van der Waals surface area contributed by atoms with Crippen LogP contribution in [0.15, 0.2) is 0 Å².